The highest BCUT2D eigenvalue weighted by Gasteiger charge is 2.15. The molecule has 0 atom stereocenters. The number of carbonyl (C=O) groups is 2. The van der Waals surface area contributed by atoms with Crippen LogP contribution in [-0.4, -0.2) is 36.5 Å². The van der Waals surface area contributed by atoms with Gasteiger partial charge in [-0.1, -0.05) is 24.3 Å². The van der Waals surface area contributed by atoms with Crippen LogP contribution in [0.3, 0.4) is 0 Å². The van der Waals surface area contributed by atoms with Crippen LogP contribution in [0.25, 0.3) is 0 Å². The van der Waals surface area contributed by atoms with Crippen LogP contribution in [0, 0.1) is 0 Å². The highest BCUT2D eigenvalue weighted by Crippen LogP contribution is 2.21. The molecule has 0 saturated carbocycles. The molecule has 1 aromatic heterocycles. The van der Waals surface area contributed by atoms with E-state index in [0.29, 0.717) is 11.4 Å². The zero-order chi connectivity index (χ0) is 18.4. The summed E-state index contributed by atoms with van der Waals surface area (Å²) >= 11 is 4.61. The van der Waals surface area contributed by atoms with Gasteiger partial charge in [0.2, 0.25) is 0 Å². The highest BCUT2D eigenvalue weighted by molar-refractivity contribution is 9.11. The second-order valence-electron chi connectivity index (χ2n) is 6.09. The third-order valence-corrected chi connectivity index (χ3v) is 5.86. The summed E-state index contributed by atoms with van der Waals surface area (Å²) in [6, 6.07) is 11.6. The molecular formula is C18H21BrN4O2S. The molecule has 138 valence electrons. The smallest absolute Gasteiger partial charge is 0.333 e. The van der Waals surface area contributed by atoms with Crippen LogP contribution in [0.2, 0.25) is 0 Å². The maximum Gasteiger partial charge on any atom is 0.333 e. The lowest BCUT2D eigenvalue weighted by Crippen LogP contribution is -2.47. The largest absolute Gasteiger partial charge is 0.337 e. The predicted molar refractivity (Wildman–Crippen MR) is 106 cm³/mol. The number of benzene rings is 1. The first-order chi connectivity index (χ1) is 12.6. The minimum atomic E-state index is -0.405. The van der Waals surface area contributed by atoms with Crippen LogP contribution in [0.1, 0.15) is 27.2 Å². The van der Waals surface area contributed by atoms with Crippen molar-refractivity contribution in [1.82, 2.24) is 21.1 Å². The molecule has 0 bridgehead atoms. The SMILES string of the molecule is O=C(NCCCN1CCc2ccccc2C1)NNC(=O)c1ccc(Br)s1. The molecule has 0 radical (unpaired) electrons. The fourth-order valence-corrected chi connectivity index (χ4v) is 4.19. The van der Waals surface area contributed by atoms with E-state index in [-0.39, 0.29) is 5.91 Å². The van der Waals surface area contributed by atoms with E-state index in [0.717, 1.165) is 36.3 Å². The number of urea groups is 1. The van der Waals surface area contributed by atoms with E-state index >= 15 is 0 Å². The Labute approximate surface area is 165 Å². The van der Waals surface area contributed by atoms with Gasteiger partial charge < -0.3 is 5.32 Å². The minimum Gasteiger partial charge on any atom is -0.337 e. The number of rotatable bonds is 5. The first-order valence-electron chi connectivity index (χ1n) is 8.50. The van der Waals surface area contributed by atoms with Crippen LogP contribution >= 0.6 is 27.3 Å². The summed E-state index contributed by atoms with van der Waals surface area (Å²) in [6.07, 6.45) is 1.94. The Balaban J connectivity index is 1.30. The monoisotopic (exact) mass is 436 g/mol. The summed E-state index contributed by atoms with van der Waals surface area (Å²) in [5.41, 5.74) is 7.60. The van der Waals surface area contributed by atoms with Crippen molar-refractivity contribution >= 4 is 39.2 Å². The van der Waals surface area contributed by atoms with Gasteiger partial charge in [-0.05, 0) is 52.0 Å². The summed E-state index contributed by atoms with van der Waals surface area (Å²) in [7, 11) is 0. The Hall–Kier alpha value is -1.90. The van der Waals surface area contributed by atoms with Crippen LogP contribution in [-0.2, 0) is 13.0 Å². The zero-order valence-electron chi connectivity index (χ0n) is 14.3. The molecule has 3 N–H and O–H groups in total. The summed E-state index contributed by atoms with van der Waals surface area (Å²) in [5.74, 6) is -0.331. The van der Waals surface area contributed by atoms with Crippen molar-refractivity contribution in [3.05, 3.63) is 56.2 Å². The summed E-state index contributed by atoms with van der Waals surface area (Å²) in [6.45, 7) is 3.51. The second kappa shape index (κ2) is 9.16. The molecule has 6 nitrogen and oxygen atoms in total. The molecule has 0 saturated heterocycles. The quantitative estimate of drug-likeness (QED) is 0.498. The standard InChI is InChI=1S/C18H21BrN4O2S/c19-16-7-6-15(26-16)17(24)21-22-18(25)20-9-3-10-23-11-8-13-4-1-2-5-14(13)12-23/h1-2,4-7H,3,8-12H2,(H,21,24)(H2,20,22,25). The second-order valence-corrected chi connectivity index (χ2v) is 8.55. The van der Waals surface area contributed by atoms with Crippen molar-refractivity contribution in [2.75, 3.05) is 19.6 Å². The zero-order valence-corrected chi connectivity index (χ0v) is 16.7. The Morgan fingerprint density at radius 3 is 2.69 bits per heavy atom. The summed E-state index contributed by atoms with van der Waals surface area (Å²) in [4.78, 5) is 26.5. The molecule has 1 aliphatic rings. The molecule has 3 rings (SSSR count). The number of carbonyl (C=O) groups excluding carboxylic acids is 2. The third kappa shape index (κ3) is 5.30. The van der Waals surface area contributed by atoms with Gasteiger partial charge in [-0.3, -0.25) is 15.1 Å². The van der Waals surface area contributed by atoms with Gasteiger partial charge in [0.1, 0.15) is 0 Å². The van der Waals surface area contributed by atoms with E-state index in [2.05, 4.69) is 61.3 Å². The lowest BCUT2D eigenvalue weighted by Gasteiger charge is -2.28. The van der Waals surface area contributed by atoms with Crippen molar-refractivity contribution in [3.8, 4) is 0 Å². The Bertz CT molecular complexity index is 780. The lowest BCUT2D eigenvalue weighted by molar-refractivity contribution is 0.0940. The van der Waals surface area contributed by atoms with Crippen molar-refractivity contribution in [1.29, 1.82) is 0 Å². The van der Waals surface area contributed by atoms with Gasteiger partial charge in [0, 0.05) is 26.2 Å². The van der Waals surface area contributed by atoms with Crippen molar-refractivity contribution in [3.63, 3.8) is 0 Å². The first kappa shape index (κ1) is 18.9. The van der Waals surface area contributed by atoms with Gasteiger partial charge in [0.25, 0.3) is 5.91 Å². The van der Waals surface area contributed by atoms with E-state index in [1.54, 1.807) is 12.1 Å². The number of nitrogens with zero attached hydrogens (tertiary/aromatic N) is 1. The Morgan fingerprint density at radius 1 is 1.12 bits per heavy atom. The Kier molecular flexibility index (Phi) is 6.65. The molecular weight excluding hydrogens is 416 g/mol. The number of hydrazine groups is 1. The predicted octanol–water partition coefficient (Wildman–Crippen LogP) is 2.90. The van der Waals surface area contributed by atoms with Gasteiger partial charge in [-0.15, -0.1) is 11.3 Å². The Morgan fingerprint density at radius 2 is 1.92 bits per heavy atom. The van der Waals surface area contributed by atoms with Crippen molar-refractivity contribution in [2.45, 2.75) is 19.4 Å². The normalized spacial score (nSPS) is 13.7. The molecule has 8 heteroatoms. The van der Waals surface area contributed by atoms with Crippen LogP contribution in [0.15, 0.2) is 40.2 Å². The average Bonchev–Trinajstić information content (AvgIpc) is 3.09. The minimum absolute atomic E-state index is 0.331. The summed E-state index contributed by atoms with van der Waals surface area (Å²) < 4.78 is 0.868. The maximum absolute atomic E-state index is 11.8. The topological polar surface area (TPSA) is 73.5 Å². The molecule has 0 fully saturated rings. The number of fused-ring (bicyclic) bond motifs is 1. The van der Waals surface area contributed by atoms with E-state index in [1.807, 2.05) is 0 Å². The van der Waals surface area contributed by atoms with Gasteiger partial charge in [0.15, 0.2) is 0 Å². The van der Waals surface area contributed by atoms with E-state index in [1.165, 1.54) is 22.5 Å². The number of thiophene rings is 1. The fourth-order valence-electron chi connectivity index (χ4n) is 2.91. The molecule has 1 aromatic carbocycles. The van der Waals surface area contributed by atoms with Crippen molar-refractivity contribution < 1.29 is 9.59 Å². The van der Waals surface area contributed by atoms with Gasteiger partial charge in [-0.2, -0.15) is 0 Å². The highest BCUT2D eigenvalue weighted by atomic mass is 79.9. The molecule has 2 heterocycles. The lowest BCUT2D eigenvalue weighted by atomic mass is 10.00. The molecule has 1 aliphatic heterocycles. The van der Waals surface area contributed by atoms with Gasteiger partial charge in [0.05, 0.1) is 8.66 Å². The number of hydrogen-bond donors (Lipinski definition) is 3. The van der Waals surface area contributed by atoms with Crippen LogP contribution in [0.5, 0.6) is 0 Å². The molecule has 2 aromatic rings. The van der Waals surface area contributed by atoms with Crippen LogP contribution in [0.4, 0.5) is 4.79 Å². The van der Waals surface area contributed by atoms with Gasteiger partial charge in [-0.25, -0.2) is 10.2 Å². The number of halogens is 1. The fraction of sp³-hybridized carbons (Fsp3) is 0.333. The molecule has 3 amide bonds. The van der Waals surface area contributed by atoms with Crippen molar-refractivity contribution in [2.24, 2.45) is 0 Å². The molecule has 0 aliphatic carbocycles. The number of hydrogen-bond acceptors (Lipinski definition) is 4. The number of amides is 3. The van der Waals surface area contributed by atoms with Gasteiger partial charge >= 0.3 is 6.03 Å². The maximum atomic E-state index is 11.8. The van der Waals surface area contributed by atoms with Crippen LogP contribution < -0.4 is 16.2 Å². The first-order valence-corrected chi connectivity index (χ1v) is 10.1. The van der Waals surface area contributed by atoms with E-state index in [4.69, 9.17) is 0 Å². The average molecular weight is 437 g/mol. The van der Waals surface area contributed by atoms with E-state index in [9.17, 15) is 9.59 Å². The summed E-state index contributed by atoms with van der Waals surface area (Å²) in [5, 5.41) is 2.76. The third-order valence-electron chi connectivity index (χ3n) is 4.23. The molecule has 0 unspecified atom stereocenters. The molecule has 26 heavy (non-hydrogen) atoms. The number of nitrogens with one attached hydrogen (secondary N) is 3. The molecule has 0 spiro atoms. The van der Waals surface area contributed by atoms with E-state index < -0.39 is 6.03 Å².